The molecule has 1 aromatic carbocycles. The summed E-state index contributed by atoms with van der Waals surface area (Å²) in [6.07, 6.45) is 0. The maximum absolute atomic E-state index is 11.3. The molecule has 2 rings (SSSR count). The largest absolute Gasteiger partial charge is 0.480 e. The second-order valence-corrected chi connectivity index (χ2v) is 4.50. The minimum absolute atomic E-state index is 0.199. The summed E-state index contributed by atoms with van der Waals surface area (Å²) in [6, 6.07) is 9.16. The van der Waals surface area contributed by atoms with Gasteiger partial charge in [-0.2, -0.15) is 0 Å². The van der Waals surface area contributed by atoms with E-state index in [4.69, 9.17) is 9.47 Å². The molecule has 1 N–H and O–H groups in total. The minimum Gasteiger partial charge on any atom is -0.480 e. The summed E-state index contributed by atoms with van der Waals surface area (Å²) < 4.78 is 10.8. The van der Waals surface area contributed by atoms with E-state index in [0.29, 0.717) is 32.9 Å². The Bertz CT molecular complexity index is 390. The van der Waals surface area contributed by atoms with E-state index in [-0.39, 0.29) is 6.61 Å². The van der Waals surface area contributed by atoms with Crippen molar-refractivity contribution in [3.63, 3.8) is 0 Å². The number of morpholine rings is 1. The molecule has 0 radical (unpaired) electrons. The number of rotatable bonds is 6. The third-order valence-corrected chi connectivity index (χ3v) is 3.16. The molecular formula is C14H19NO4. The summed E-state index contributed by atoms with van der Waals surface area (Å²) in [4.78, 5) is 13.2. The Morgan fingerprint density at radius 2 is 2.00 bits per heavy atom. The molecule has 5 heteroatoms. The van der Waals surface area contributed by atoms with Gasteiger partial charge in [0.25, 0.3) is 0 Å². The van der Waals surface area contributed by atoms with Crippen LogP contribution in [0.2, 0.25) is 0 Å². The van der Waals surface area contributed by atoms with E-state index in [9.17, 15) is 9.90 Å². The normalized spacial score (nSPS) is 18.1. The highest BCUT2D eigenvalue weighted by Crippen LogP contribution is 2.07. The SMILES string of the molecule is O=C(O)[C@H](COCc1ccccc1)N1CCOCC1. The van der Waals surface area contributed by atoms with Gasteiger partial charge in [-0.25, -0.2) is 0 Å². The highest BCUT2D eigenvalue weighted by atomic mass is 16.5. The van der Waals surface area contributed by atoms with Gasteiger partial charge in [-0.1, -0.05) is 30.3 Å². The van der Waals surface area contributed by atoms with Crippen molar-refractivity contribution in [1.29, 1.82) is 0 Å². The van der Waals surface area contributed by atoms with Crippen molar-refractivity contribution in [2.45, 2.75) is 12.6 Å². The standard InChI is InChI=1S/C14H19NO4/c16-14(17)13(15-6-8-18-9-7-15)11-19-10-12-4-2-1-3-5-12/h1-5,13H,6-11H2,(H,16,17)/t13-/m0/s1. The van der Waals surface area contributed by atoms with Gasteiger partial charge in [0.05, 0.1) is 26.4 Å². The minimum atomic E-state index is -0.838. The van der Waals surface area contributed by atoms with Crippen molar-refractivity contribution >= 4 is 5.97 Å². The molecule has 0 aromatic heterocycles. The van der Waals surface area contributed by atoms with Gasteiger partial charge in [-0.15, -0.1) is 0 Å². The first-order valence-electron chi connectivity index (χ1n) is 6.43. The van der Waals surface area contributed by atoms with Crippen LogP contribution in [0.4, 0.5) is 0 Å². The Kier molecular flexibility index (Phi) is 5.32. The Hall–Kier alpha value is -1.43. The second kappa shape index (κ2) is 7.23. The van der Waals surface area contributed by atoms with Gasteiger partial charge in [-0.05, 0) is 5.56 Å². The Balaban J connectivity index is 1.82. The monoisotopic (exact) mass is 265 g/mol. The summed E-state index contributed by atoms with van der Waals surface area (Å²) in [5, 5.41) is 9.26. The average Bonchev–Trinajstić information content (AvgIpc) is 2.45. The summed E-state index contributed by atoms with van der Waals surface area (Å²) in [5.41, 5.74) is 1.05. The smallest absolute Gasteiger partial charge is 0.323 e. The molecule has 0 amide bonds. The molecule has 1 heterocycles. The summed E-state index contributed by atoms with van der Waals surface area (Å²) >= 11 is 0. The van der Waals surface area contributed by atoms with Gasteiger partial charge in [0, 0.05) is 13.1 Å². The molecule has 1 fully saturated rings. The fourth-order valence-electron chi connectivity index (χ4n) is 2.08. The van der Waals surface area contributed by atoms with Gasteiger partial charge in [0.15, 0.2) is 0 Å². The quantitative estimate of drug-likeness (QED) is 0.831. The Labute approximate surface area is 112 Å². The highest BCUT2D eigenvalue weighted by Gasteiger charge is 2.27. The van der Waals surface area contributed by atoms with Gasteiger partial charge >= 0.3 is 5.97 Å². The lowest BCUT2D eigenvalue weighted by atomic mass is 10.2. The van der Waals surface area contributed by atoms with Gasteiger partial charge in [0.1, 0.15) is 6.04 Å². The van der Waals surface area contributed by atoms with Crippen LogP contribution in [0, 0.1) is 0 Å². The van der Waals surface area contributed by atoms with E-state index in [0.717, 1.165) is 5.56 Å². The molecule has 5 nitrogen and oxygen atoms in total. The van der Waals surface area contributed by atoms with E-state index in [1.165, 1.54) is 0 Å². The number of aliphatic carboxylic acids is 1. The lowest BCUT2D eigenvalue weighted by Gasteiger charge is -2.31. The van der Waals surface area contributed by atoms with Crippen LogP contribution in [-0.4, -0.2) is 54.9 Å². The van der Waals surface area contributed by atoms with E-state index in [1.54, 1.807) is 0 Å². The van der Waals surface area contributed by atoms with Crippen LogP contribution in [0.25, 0.3) is 0 Å². The molecule has 1 saturated heterocycles. The summed E-state index contributed by atoms with van der Waals surface area (Å²) in [6.45, 7) is 3.10. The van der Waals surface area contributed by atoms with Crippen LogP contribution >= 0.6 is 0 Å². The zero-order valence-electron chi connectivity index (χ0n) is 10.8. The topological polar surface area (TPSA) is 59.0 Å². The molecule has 1 aliphatic rings. The summed E-state index contributed by atoms with van der Waals surface area (Å²) in [5.74, 6) is -0.838. The molecule has 0 bridgehead atoms. The molecule has 0 spiro atoms. The van der Waals surface area contributed by atoms with Crippen molar-refractivity contribution in [2.75, 3.05) is 32.9 Å². The Morgan fingerprint density at radius 3 is 2.63 bits per heavy atom. The zero-order chi connectivity index (χ0) is 13.5. The first kappa shape index (κ1) is 14.0. The second-order valence-electron chi connectivity index (χ2n) is 4.50. The lowest BCUT2D eigenvalue weighted by Crippen LogP contribution is -2.49. The number of nitrogens with zero attached hydrogens (tertiary/aromatic N) is 1. The fourth-order valence-corrected chi connectivity index (χ4v) is 2.08. The molecule has 1 aliphatic heterocycles. The third kappa shape index (κ3) is 4.31. The van der Waals surface area contributed by atoms with E-state index >= 15 is 0 Å². The van der Waals surface area contributed by atoms with Gasteiger partial charge in [0.2, 0.25) is 0 Å². The average molecular weight is 265 g/mol. The predicted molar refractivity (Wildman–Crippen MR) is 69.9 cm³/mol. The third-order valence-electron chi connectivity index (χ3n) is 3.16. The van der Waals surface area contributed by atoms with Crippen LogP contribution in [0.5, 0.6) is 0 Å². The van der Waals surface area contributed by atoms with Crippen molar-refractivity contribution in [2.24, 2.45) is 0 Å². The molecule has 0 saturated carbocycles. The van der Waals surface area contributed by atoms with Crippen molar-refractivity contribution in [3.05, 3.63) is 35.9 Å². The molecule has 0 aliphatic carbocycles. The molecule has 104 valence electrons. The highest BCUT2D eigenvalue weighted by molar-refractivity contribution is 5.73. The molecule has 1 atom stereocenters. The first-order chi connectivity index (χ1) is 9.27. The number of carboxylic acid groups (broad SMARTS) is 1. The van der Waals surface area contributed by atoms with Gasteiger partial charge in [-0.3, -0.25) is 9.69 Å². The number of ether oxygens (including phenoxy) is 2. The molecular weight excluding hydrogens is 246 g/mol. The van der Waals surface area contributed by atoms with Crippen LogP contribution in [0.3, 0.4) is 0 Å². The molecule has 19 heavy (non-hydrogen) atoms. The maximum Gasteiger partial charge on any atom is 0.323 e. The number of hydrogen-bond acceptors (Lipinski definition) is 4. The van der Waals surface area contributed by atoms with Crippen molar-refractivity contribution < 1.29 is 19.4 Å². The Morgan fingerprint density at radius 1 is 1.32 bits per heavy atom. The van der Waals surface area contributed by atoms with Crippen LogP contribution in [0.1, 0.15) is 5.56 Å². The first-order valence-corrected chi connectivity index (χ1v) is 6.43. The lowest BCUT2D eigenvalue weighted by molar-refractivity contribution is -0.148. The van der Waals surface area contributed by atoms with E-state index in [1.807, 2.05) is 35.2 Å². The van der Waals surface area contributed by atoms with E-state index in [2.05, 4.69) is 0 Å². The maximum atomic E-state index is 11.3. The fraction of sp³-hybridized carbons (Fsp3) is 0.500. The van der Waals surface area contributed by atoms with Crippen LogP contribution < -0.4 is 0 Å². The van der Waals surface area contributed by atoms with Crippen LogP contribution in [0.15, 0.2) is 30.3 Å². The van der Waals surface area contributed by atoms with Crippen molar-refractivity contribution in [1.82, 2.24) is 4.90 Å². The summed E-state index contributed by atoms with van der Waals surface area (Å²) in [7, 11) is 0. The predicted octanol–water partition coefficient (Wildman–Crippen LogP) is 0.989. The number of benzene rings is 1. The van der Waals surface area contributed by atoms with Crippen molar-refractivity contribution in [3.8, 4) is 0 Å². The number of carboxylic acids is 1. The zero-order valence-corrected chi connectivity index (χ0v) is 10.8. The van der Waals surface area contributed by atoms with E-state index < -0.39 is 12.0 Å². The van der Waals surface area contributed by atoms with Crippen LogP contribution in [-0.2, 0) is 20.9 Å². The number of hydrogen-bond donors (Lipinski definition) is 1. The van der Waals surface area contributed by atoms with Gasteiger partial charge < -0.3 is 14.6 Å². The molecule has 1 aromatic rings. The molecule has 0 unspecified atom stereocenters. The number of carbonyl (C=O) groups is 1.